The van der Waals surface area contributed by atoms with Crippen LogP contribution in [0.3, 0.4) is 0 Å². The number of piperidine rings is 1. The summed E-state index contributed by atoms with van der Waals surface area (Å²) in [6.07, 6.45) is 12.9. The number of allylic oxidation sites excluding steroid dienone is 5. The van der Waals surface area contributed by atoms with E-state index in [0.717, 1.165) is 31.5 Å². The SMILES string of the molecule is NC=C(C=NC1CCNCC1)C(/C=C/NC(=O)c1coc(N)n1)=C/C=C/Cl. The van der Waals surface area contributed by atoms with Crippen molar-refractivity contribution in [1.29, 1.82) is 0 Å². The molecule has 1 amide bonds. The molecule has 2 rings (SSSR count). The number of nitrogens with two attached hydrogens (primary N) is 2. The molecule has 2 heterocycles. The molecule has 1 saturated heterocycles. The van der Waals surface area contributed by atoms with Crippen molar-refractivity contribution in [2.24, 2.45) is 10.7 Å². The van der Waals surface area contributed by atoms with Gasteiger partial charge in [0.2, 0.25) is 0 Å². The van der Waals surface area contributed by atoms with Gasteiger partial charge in [0.25, 0.3) is 11.9 Å². The number of nitrogen functional groups attached to an aromatic ring is 1. The Bertz CT molecular complexity index is 773. The van der Waals surface area contributed by atoms with Gasteiger partial charge in [0.15, 0.2) is 5.69 Å². The van der Waals surface area contributed by atoms with Gasteiger partial charge in [-0.3, -0.25) is 9.79 Å². The molecule has 0 atom stereocenters. The van der Waals surface area contributed by atoms with E-state index in [9.17, 15) is 4.79 Å². The van der Waals surface area contributed by atoms with E-state index in [1.807, 2.05) is 0 Å². The zero-order chi connectivity index (χ0) is 19.5. The van der Waals surface area contributed by atoms with E-state index in [-0.39, 0.29) is 17.8 Å². The minimum atomic E-state index is -0.444. The van der Waals surface area contributed by atoms with Crippen LogP contribution in [0.2, 0.25) is 0 Å². The van der Waals surface area contributed by atoms with Crippen LogP contribution in [-0.4, -0.2) is 36.2 Å². The first kappa shape index (κ1) is 20.5. The lowest BCUT2D eigenvalue weighted by Gasteiger charge is -2.18. The summed E-state index contributed by atoms with van der Waals surface area (Å²) in [6.45, 7) is 1.92. The molecule has 1 aliphatic heterocycles. The fraction of sp³-hybridized carbons (Fsp3) is 0.278. The number of rotatable bonds is 7. The number of anilines is 1. The third kappa shape index (κ3) is 6.76. The summed E-state index contributed by atoms with van der Waals surface area (Å²) in [6, 6.07) is 0.201. The van der Waals surface area contributed by atoms with Crippen LogP contribution in [0.5, 0.6) is 0 Å². The zero-order valence-corrected chi connectivity index (χ0v) is 15.5. The van der Waals surface area contributed by atoms with Crippen molar-refractivity contribution in [2.45, 2.75) is 18.9 Å². The highest BCUT2D eigenvalue weighted by Gasteiger charge is 2.11. The Labute approximate surface area is 162 Å². The van der Waals surface area contributed by atoms with Gasteiger partial charge in [0, 0.05) is 29.7 Å². The third-order valence-electron chi connectivity index (χ3n) is 3.83. The first-order valence-electron chi connectivity index (χ1n) is 8.45. The first-order chi connectivity index (χ1) is 13.1. The van der Waals surface area contributed by atoms with E-state index in [0.29, 0.717) is 5.57 Å². The lowest BCUT2D eigenvalue weighted by atomic mass is 10.1. The van der Waals surface area contributed by atoms with Crippen molar-refractivity contribution in [3.8, 4) is 0 Å². The molecule has 0 spiro atoms. The van der Waals surface area contributed by atoms with Gasteiger partial charge in [-0.05, 0) is 37.6 Å². The van der Waals surface area contributed by atoms with Gasteiger partial charge in [0.05, 0.1) is 6.04 Å². The predicted octanol–water partition coefficient (Wildman–Crippen LogP) is 1.84. The maximum Gasteiger partial charge on any atom is 0.292 e. The van der Waals surface area contributed by atoms with Gasteiger partial charge in [-0.15, -0.1) is 0 Å². The van der Waals surface area contributed by atoms with Crippen LogP contribution in [0.1, 0.15) is 23.3 Å². The molecular formula is C18H23ClN6O2. The molecule has 1 fully saturated rings. The summed E-state index contributed by atoms with van der Waals surface area (Å²) < 4.78 is 4.81. The summed E-state index contributed by atoms with van der Waals surface area (Å²) >= 11 is 5.62. The molecule has 6 N–H and O–H groups in total. The standard InChI is InChI=1S/C18H23ClN6O2/c19-6-1-2-13(3-9-23-17(26)16-12-27-18(21)25-16)14(10-20)11-24-15-4-7-22-8-5-15/h1-3,6,9-12,15,22H,4-5,7-8,20H2,(H2,21,25)(H,23,26)/b6-1+,9-3+,13-2+,14-10?,24-11?. The molecule has 0 radical (unpaired) electrons. The van der Waals surface area contributed by atoms with E-state index >= 15 is 0 Å². The van der Waals surface area contributed by atoms with Crippen molar-refractivity contribution in [1.82, 2.24) is 15.6 Å². The van der Waals surface area contributed by atoms with Crippen LogP contribution in [0.4, 0.5) is 6.01 Å². The molecule has 1 aromatic rings. The first-order valence-corrected chi connectivity index (χ1v) is 8.89. The average Bonchev–Trinajstić information content (AvgIpc) is 3.13. The van der Waals surface area contributed by atoms with Gasteiger partial charge >= 0.3 is 0 Å². The second-order valence-electron chi connectivity index (χ2n) is 5.70. The number of carbonyl (C=O) groups excluding carboxylic acids is 1. The molecule has 0 aromatic carbocycles. The van der Waals surface area contributed by atoms with Crippen LogP contribution in [0.15, 0.2) is 63.0 Å². The number of aliphatic imine (C=N–C) groups is 1. The summed E-state index contributed by atoms with van der Waals surface area (Å²) in [5.74, 6) is -0.444. The number of amides is 1. The summed E-state index contributed by atoms with van der Waals surface area (Å²) in [7, 11) is 0. The highest BCUT2D eigenvalue weighted by molar-refractivity contribution is 6.25. The number of carbonyl (C=O) groups is 1. The second kappa shape index (κ2) is 11.0. The number of hydrogen-bond acceptors (Lipinski definition) is 7. The van der Waals surface area contributed by atoms with E-state index < -0.39 is 5.91 Å². The van der Waals surface area contributed by atoms with Crippen molar-refractivity contribution in [3.63, 3.8) is 0 Å². The van der Waals surface area contributed by atoms with Gasteiger partial charge < -0.3 is 26.5 Å². The molecule has 144 valence electrons. The van der Waals surface area contributed by atoms with Crippen LogP contribution < -0.4 is 22.1 Å². The number of nitrogens with one attached hydrogen (secondary N) is 2. The molecule has 9 heteroatoms. The summed E-state index contributed by atoms with van der Waals surface area (Å²) in [5.41, 5.74) is 14.0. The Kier molecular flexibility index (Phi) is 8.34. The molecule has 0 bridgehead atoms. The molecule has 0 unspecified atom stereocenters. The summed E-state index contributed by atoms with van der Waals surface area (Å²) in [4.78, 5) is 20.3. The molecule has 1 aromatic heterocycles. The Morgan fingerprint density at radius 2 is 2.19 bits per heavy atom. The smallest absolute Gasteiger partial charge is 0.292 e. The number of hydrogen-bond donors (Lipinski definition) is 4. The highest BCUT2D eigenvalue weighted by atomic mass is 35.5. The maximum atomic E-state index is 12.0. The monoisotopic (exact) mass is 390 g/mol. The molecule has 1 aliphatic rings. The van der Waals surface area contributed by atoms with Gasteiger partial charge in [-0.2, -0.15) is 4.98 Å². The average molecular weight is 391 g/mol. The number of oxazole rings is 1. The lowest BCUT2D eigenvalue weighted by Crippen LogP contribution is -2.29. The topological polar surface area (TPSA) is 132 Å². The normalized spacial score (nSPS) is 17.4. The predicted molar refractivity (Wildman–Crippen MR) is 107 cm³/mol. The number of halogens is 1. The van der Waals surface area contributed by atoms with Crippen LogP contribution in [0.25, 0.3) is 0 Å². The van der Waals surface area contributed by atoms with Gasteiger partial charge in [-0.1, -0.05) is 23.8 Å². The Morgan fingerprint density at radius 3 is 2.81 bits per heavy atom. The Balaban J connectivity index is 2.06. The minimum Gasteiger partial charge on any atom is -0.431 e. The van der Waals surface area contributed by atoms with Crippen molar-refractivity contribution in [2.75, 3.05) is 18.8 Å². The van der Waals surface area contributed by atoms with Crippen LogP contribution in [-0.2, 0) is 0 Å². The summed E-state index contributed by atoms with van der Waals surface area (Å²) in [5, 5.41) is 5.89. The second-order valence-corrected chi connectivity index (χ2v) is 5.95. The fourth-order valence-corrected chi connectivity index (χ4v) is 2.49. The molecule has 0 aliphatic carbocycles. The van der Waals surface area contributed by atoms with E-state index in [4.69, 9.17) is 27.5 Å². The van der Waals surface area contributed by atoms with Crippen molar-refractivity contribution >= 4 is 29.7 Å². The van der Waals surface area contributed by atoms with E-state index in [2.05, 4.69) is 20.6 Å². The molecule has 8 nitrogen and oxygen atoms in total. The zero-order valence-electron chi connectivity index (χ0n) is 14.8. The molecule has 27 heavy (non-hydrogen) atoms. The maximum absolute atomic E-state index is 12.0. The van der Waals surface area contributed by atoms with Crippen LogP contribution >= 0.6 is 11.6 Å². The third-order valence-corrected chi connectivity index (χ3v) is 3.97. The van der Waals surface area contributed by atoms with Gasteiger partial charge in [0.1, 0.15) is 6.26 Å². The van der Waals surface area contributed by atoms with Crippen LogP contribution in [0, 0.1) is 0 Å². The van der Waals surface area contributed by atoms with E-state index in [1.165, 1.54) is 24.2 Å². The Hall–Kier alpha value is -2.84. The molecular weight excluding hydrogens is 368 g/mol. The number of aromatic nitrogens is 1. The Morgan fingerprint density at radius 1 is 1.41 bits per heavy atom. The molecule has 0 saturated carbocycles. The lowest BCUT2D eigenvalue weighted by molar-refractivity contribution is 0.0965. The quantitative estimate of drug-likeness (QED) is 0.415. The van der Waals surface area contributed by atoms with Gasteiger partial charge in [-0.25, -0.2) is 0 Å². The highest BCUT2D eigenvalue weighted by Crippen LogP contribution is 2.12. The number of nitrogens with zero attached hydrogens (tertiary/aromatic N) is 2. The van der Waals surface area contributed by atoms with E-state index in [1.54, 1.807) is 24.4 Å². The minimum absolute atomic E-state index is 0.0700. The largest absolute Gasteiger partial charge is 0.431 e. The van der Waals surface area contributed by atoms with Crippen molar-refractivity contribution in [3.05, 3.63) is 59.3 Å². The fourth-order valence-electron chi connectivity index (χ4n) is 2.42. The van der Waals surface area contributed by atoms with Crippen molar-refractivity contribution < 1.29 is 9.21 Å².